The summed E-state index contributed by atoms with van der Waals surface area (Å²) in [4.78, 5) is 13.8. The Morgan fingerprint density at radius 3 is 2.94 bits per heavy atom. The molecule has 3 rings (SSSR count). The third-order valence-corrected chi connectivity index (χ3v) is 4.12. The molecule has 1 aromatic rings. The summed E-state index contributed by atoms with van der Waals surface area (Å²) in [5.41, 5.74) is 8.34. The first-order valence-electron chi connectivity index (χ1n) is 6.40. The average Bonchev–Trinajstić information content (AvgIpc) is 2.94. The number of nitrogens with zero attached hydrogens (tertiary/aromatic N) is 1. The minimum absolute atomic E-state index is 0.0499. The molecule has 1 aliphatic carbocycles. The Labute approximate surface area is 102 Å². The number of nitrogens with two attached hydrogens (primary N) is 1. The Bertz CT molecular complexity index is 444. The number of rotatable bonds is 2. The van der Waals surface area contributed by atoms with E-state index in [9.17, 15) is 4.79 Å². The van der Waals surface area contributed by atoms with Crippen LogP contribution >= 0.6 is 0 Å². The van der Waals surface area contributed by atoms with Crippen LogP contribution in [0.5, 0.6) is 0 Å². The maximum atomic E-state index is 11.5. The lowest BCUT2D eigenvalue weighted by Gasteiger charge is -2.29. The zero-order chi connectivity index (χ0) is 11.8. The van der Waals surface area contributed by atoms with Crippen molar-refractivity contribution in [1.82, 2.24) is 4.90 Å². The summed E-state index contributed by atoms with van der Waals surface area (Å²) in [5.74, 6) is -0.160. The molecule has 2 N–H and O–H groups in total. The molecule has 90 valence electrons. The number of primary amides is 1. The van der Waals surface area contributed by atoms with Gasteiger partial charge in [-0.25, -0.2) is 0 Å². The highest BCUT2D eigenvalue weighted by molar-refractivity contribution is 5.80. The van der Waals surface area contributed by atoms with Crippen molar-refractivity contribution in [2.24, 2.45) is 5.73 Å². The minimum atomic E-state index is -0.160. The SMILES string of the molecule is NC(=O)C1CCCN1C1CCc2ccccc21. The highest BCUT2D eigenvalue weighted by Crippen LogP contribution is 2.39. The van der Waals surface area contributed by atoms with Crippen molar-refractivity contribution in [3.05, 3.63) is 35.4 Å². The van der Waals surface area contributed by atoms with Crippen molar-refractivity contribution in [1.29, 1.82) is 0 Å². The fourth-order valence-corrected chi connectivity index (χ4v) is 3.35. The van der Waals surface area contributed by atoms with Gasteiger partial charge in [0.05, 0.1) is 6.04 Å². The van der Waals surface area contributed by atoms with Crippen molar-refractivity contribution in [3.63, 3.8) is 0 Å². The number of benzene rings is 1. The molecule has 1 saturated heterocycles. The summed E-state index contributed by atoms with van der Waals surface area (Å²) in [6, 6.07) is 8.94. The number of carbonyl (C=O) groups is 1. The van der Waals surface area contributed by atoms with E-state index < -0.39 is 0 Å². The molecular weight excluding hydrogens is 212 g/mol. The van der Waals surface area contributed by atoms with Crippen LogP contribution in [0, 0.1) is 0 Å². The molecule has 3 heteroatoms. The molecule has 3 nitrogen and oxygen atoms in total. The normalized spacial score (nSPS) is 28.2. The first kappa shape index (κ1) is 10.8. The van der Waals surface area contributed by atoms with Crippen LogP contribution in [-0.4, -0.2) is 23.4 Å². The number of amides is 1. The highest BCUT2D eigenvalue weighted by Gasteiger charge is 2.37. The van der Waals surface area contributed by atoms with Crippen LogP contribution in [0.2, 0.25) is 0 Å². The number of hydrogen-bond acceptors (Lipinski definition) is 2. The zero-order valence-electron chi connectivity index (χ0n) is 9.93. The van der Waals surface area contributed by atoms with Crippen molar-refractivity contribution in [2.45, 2.75) is 37.8 Å². The average molecular weight is 230 g/mol. The van der Waals surface area contributed by atoms with Gasteiger partial charge in [0.1, 0.15) is 0 Å². The lowest BCUT2D eigenvalue weighted by molar-refractivity contribution is -0.123. The Morgan fingerprint density at radius 1 is 1.29 bits per heavy atom. The first-order chi connectivity index (χ1) is 8.27. The van der Waals surface area contributed by atoms with E-state index >= 15 is 0 Å². The number of carbonyl (C=O) groups excluding carboxylic acids is 1. The number of hydrogen-bond donors (Lipinski definition) is 1. The minimum Gasteiger partial charge on any atom is -0.368 e. The Hall–Kier alpha value is -1.35. The summed E-state index contributed by atoms with van der Waals surface area (Å²) >= 11 is 0. The van der Waals surface area contributed by atoms with Crippen LogP contribution < -0.4 is 5.73 Å². The lowest BCUT2D eigenvalue weighted by atomic mass is 10.1. The molecule has 17 heavy (non-hydrogen) atoms. The third-order valence-electron chi connectivity index (χ3n) is 4.12. The lowest BCUT2D eigenvalue weighted by Crippen LogP contribution is -2.41. The number of aryl methyl sites for hydroxylation is 1. The molecular formula is C14H18N2O. The maximum absolute atomic E-state index is 11.5. The first-order valence-corrected chi connectivity index (χ1v) is 6.40. The Kier molecular flexibility index (Phi) is 2.63. The molecule has 0 saturated carbocycles. The molecule has 2 unspecified atom stereocenters. The van der Waals surface area contributed by atoms with Gasteiger partial charge in [0.15, 0.2) is 0 Å². The van der Waals surface area contributed by atoms with E-state index in [2.05, 4.69) is 29.2 Å². The van der Waals surface area contributed by atoms with E-state index in [1.165, 1.54) is 11.1 Å². The second kappa shape index (κ2) is 4.15. The monoisotopic (exact) mass is 230 g/mol. The summed E-state index contributed by atoms with van der Waals surface area (Å²) in [6.07, 6.45) is 4.27. The van der Waals surface area contributed by atoms with E-state index in [4.69, 9.17) is 5.73 Å². The standard InChI is InChI=1S/C14H18N2O/c15-14(17)13-6-3-9-16(13)12-8-7-10-4-1-2-5-11(10)12/h1-2,4-5,12-13H,3,6-9H2,(H2,15,17). The molecule has 0 radical (unpaired) electrons. The van der Waals surface area contributed by atoms with E-state index in [-0.39, 0.29) is 11.9 Å². The molecule has 1 heterocycles. The van der Waals surface area contributed by atoms with Crippen molar-refractivity contribution < 1.29 is 4.79 Å². The van der Waals surface area contributed by atoms with Crippen molar-refractivity contribution in [2.75, 3.05) is 6.54 Å². The van der Waals surface area contributed by atoms with Gasteiger partial charge in [-0.1, -0.05) is 24.3 Å². The molecule has 0 bridgehead atoms. The predicted octanol–water partition coefficient (Wildman–Crippen LogP) is 1.62. The van der Waals surface area contributed by atoms with Gasteiger partial charge in [0.25, 0.3) is 0 Å². The van der Waals surface area contributed by atoms with Crippen LogP contribution in [0.4, 0.5) is 0 Å². The third kappa shape index (κ3) is 1.75. The van der Waals surface area contributed by atoms with Gasteiger partial charge < -0.3 is 5.73 Å². The molecule has 0 aromatic heterocycles. The van der Waals surface area contributed by atoms with Gasteiger partial charge >= 0.3 is 0 Å². The number of fused-ring (bicyclic) bond motifs is 1. The smallest absolute Gasteiger partial charge is 0.234 e. The summed E-state index contributed by atoms with van der Waals surface area (Å²) in [7, 11) is 0. The molecule has 0 spiro atoms. The molecule has 2 atom stereocenters. The van der Waals surface area contributed by atoms with Crippen molar-refractivity contribution >= 4 is 5.91 Å². The van der Waals surface area contributed by atoms with E-state index in [1.54, 1.807) is 0 Å². The van der Waals surface area contributed by atoms with E-state index in [1.807, 2.05) is 0 Å². The van der Waals surface area contributed by atoms with Gasteiger partial charge in [-0.15, -0.1) is 0 Å². The highest BCUT2D eigenvalue weighted by atomic mass is 16.1. The van der Waals surface area contributed by atoms with Crippen LogP contribution in [0.15, 0.2) is 24.3 Å². The van der Waals surface area contributed by atoms with Gasteiger partial charge in [-0.05, 0) is 43.4 Å². The van der Waals surface area contributed by atoms with Crippen LogP contribution in [0.1, 0.15) is 36.4 Å². The van der Waals surface area contributed by atoms with Crippen LogP contribution in [0.25, 0.3) is 0 Å². The van der Waals surface area contributed by atoms with Gasteiger partial charge in [-0.3, -0.25) is 9.69 Å². The largest absolute Gasteiger partial charge is 0.368 e. The molecule has 1 amide bonds. The zero-order valence-corrected chi connectivity index (χ0v) is 9.93. The topological polar surface area (TPSA) is 46.3 Å². The fraction of sp³-hybridized carbons (Fsp3) is 0.500. The Balaban J connectivity index is 1.89. The molecule has 1 fully saturated rings. The predicted molar refractivity (Wildman–Crippen MR) is 66.4 cm³/mol. The van der Waals surface area contributed by atoms with Gasteiger partial charge in [-0.2, -0.15) is 0 Å². The fourth-order valence-electron chi connectivity index (χ4n) is 3.35. The maximum Gasteiger partial charge on any atom is 0.234 e. The number of likely N-dealkylation sites (tertiary alicyclic amines) is 1. The molecule has 1 aromatic carbocycles. The van der Waals surface area contributed by atoms with Crippen molar-refractivity contribution in [3.8, 4) is 0 Å². The van der Waals surface area contributed by atoms with Gasteiger partial charge in [0, 0.05) is 6.04 Å². The summed E-state index contributed by atoms with van der Waals surface area (Å²) in [6.45, 7) is 1.01. The quantitative estimate of drug-likeness (QED) is 0.839. The molecule has 1 aliphatic heterocycles. The second-order valence-electron chi connectivity index (χ2n) is 5.05. The summed E-state index contributed by atoms with van der Waals surface area (Å²) in [5, 5.41) is 0. The second-order valence-corrected chi connectivity index (χ2v) is 5.05. The summed E-state index contributed by atoms with van der Waals surface area (Å²) < 4.78 is 0. The Morgan fingerprint density at radius 2 is 2.12 bits per heavy atom. The van der Waals surface area contributed by atoms with Crippen LogP contribution in [0.3, 0.4) is 0 Å². The van der Waals surface area contributed by atoms with Gasteiger partial charge in [0.2, 0.25) is 5.91 Å². The van der Waals surface area contributed by atoms with E-state index in [0.29, 0.717) is 6.04 Å². The van der Waals surface area contributed by atoms with Crippen LogP contribution in [-0.2, 0) is 11.2 Å². The van der Waals surface area contributed by atoms with E-state index in [0.717, 1.165) is 32.2 Å². The molecule has 2 aliphatic rings.